The van der Waals surface area contributed by atoms with Crippen LogP contribution in [-0.4, -0.2) is 16.4 Å². The molecule has 1 aromatic heterocycles. The Hall–Kier alpha value is -2.32. The van der Waals surface area contributed by atoms with E-state index in [-0.39, 0.29) is 0 Å². The average molecular weight is 295 g/mol. The number of alkyl halides is 1. The number of aromatic nitrogens is 2. The summed E-state index contributed by atoms with van der Waals surface area (Å²) < 4.78 is 0. The van der Waals surface area contributed by atoms with Gasteiger partial charge in [-0.3, -0.25) is 0 Å². The second-order valence-corrected chi connectivity index (χ2v) is 4.66. The number of benzene rings is 3. The molecule has 0 radical (unpaired) electrons. The van der Waals surface area contributed by atoms with Gasteiger partial charge in [0.2, 0.25) is 0 Å². The molecule has 0 aliphatic carbocycles. The second-order valence-electron chi connectivity index (χ2n) is 4.66. The highest BCUT2D eigenvalue weighted by molar-refractivity contribution is 6.15. The lowest BCUT2D eigenvalue weighted by Gasteiger charge is -2.00. The van der Waals surface area contributed by atoms with Gasteiger partial charge in [-0.15, -0.1) is 11.6 Å². The predicted octanol–water partition coefficient (Wildman–Crippen LogP) is 5.24. The molecule has 0 fully saturated rings. The van der Waals surface area contributed by atoms with Crippen molar-refractivity contribution in [3.8, 4) is 11.4 Å². The van der Waals surface area contributed by atoms with Gasteiger partial charge in [0.05, 0.1) is 11.0 Å². The van der Waals surface area contributed by atoms with Crippen molar-refractivity contribution < 1.29 is 0 Å². The van der Waals surface area contributed by atoms with Gasteiger partial charge in [0.25, 0.3) is 0 Å². The van der Waals surface area contributed by atoms with Crippen LogP contribution in [0.25, 0.3) is 33.2 Å². The minimum atomic E-state index is 0.923. The highest BCUT2D eigenvalue weighted by atomic mass is 35.5. The normalized spacial score (nSPS) is 10.4. The second kappa shape index (κ2) is 5.98. The molecule has 0 aliphatic heterocycles. The van der Waals surface area contributed by atoms with E-state index < -0.39 is 0 Å². The predicted molar refractivity (Wildman–Crippen MR) is 90.8 cm³/mol. The van der Waals surface area contributed by atoms with Gasteiger partial charge in [0.15, 0.2) is 0 Å². The van der Waals surface area contributed by atoms with Crippen LogP contribution >= 0.6 is 11.6 Å². The molecule has 1 heterocycles. The lowest BCUT2D eigenvalue weighted by atomic mass is 10.1. The van der Waals surface area contributed by atoms with Crippen LogP contribution in [0.1, 0.15) is 0 Å². The molecule has 3 aromatic carbocycles. The number of hydrogen-bond donors (Lipinski definition) is 1. The number of para-hydroxylation sites is 2. The van der Waals surface area contributed by atoms with Crippen molar-refractivity contribution in [3.05, 3.63) is 66.7 Å². The molecule has 4 aromatic rings. The standard InChI is InChI=1S/C17H12N2.CH3Cl/c1-2-6-13-11-14(10-9-12(13)5-1)17-18-15-7-3-4-8-16(15)19-17;1-2/h1-11H,(H,18,19);1H3. The van der Waals surface area contributed by atoms with Crippen molar-refractivity contribution in [2.45, 2.75) is 0 Å². The molecule has 4 rings (SSSR count). The minimum Gasteiger partial charge on any atom is -0.338 e. The first-order chi connectivity index (χ1) is 10.4. The molecule has 0 unspecified atom stereocenters. The summed E-state index contributed by atoms with van der Waals surface area (Å²) in [7, 11) is 0. The zero-order valence-electron chi connectivity index (χ0n) is 11.7. The Labute approximate surface area is 128 Å². The Morgan fingerprint density at radius 1 is 0.810 bits per heavy atom. The summed E-state index contributed by atoms with van der Waals surface area (Å²) in [5.41, 5.74) is 3.20. The van der Waals surface area contributed by atoms with Gasteiger partial charge < -0.3 is 4.98 Å². The lowest BCUT2D eigenvalue weighted by molar-refractivity contribution is 1.34. The molecule has 0 spiro atoms. The molecule has 104 valence electrons. The zero-order valence-corrected chi connectivity index (χ0v) is 12.4. The van der Waals surface area contributed by atoms with Gasteiger partial charge in [0.1, 0.15) is 5.82 Å². The number of imidazole rings is 1. The number of aromatic amines is 1. The first-order valence-corrected chi connectivity index (χ1v) is 7.47. The molecule has 1 N–H and O–H groups in total. The molecular weight excluding hydrogens is 280 g/mol. The SMILES string of the molecule is CCl.c1ccc2cc(-c3nc4ccccc4[nH]3)ccc2c1. The van der Waals surface area contributed by atoms with E-state index in [0.29, 0.717) is 0 Å². The fourth-order valence-corrected chi connectivity index (χ4v) is 2.43. The van der Waals surface area contributed by atoms with E-state index >= 15 is 0 Å². The average Bonchev–Trinajstić information content (AvgIpc) is 3.00. The summed E-state index contributed by atoms with van der Waals surface area (Å²) in [4.78, 5) is 8.00. The topological polar surface area (TPSA) is 28.7 Å². The molecular formula is C18H15ClN2. The number of fused-ring (bicyclic) bond motifs is 2. The highest BCUT2D eigenvalue weighted by Crippen LogP contribution is 2.24. The van der Waals surface area contributed by atoms with Crippen LogP contribution in [-0.2, 0) is 0 Å². The van der Waals surface area contributed by atoms with Gasteiger partial charge in [-0.25, -0.2) is 4.98 Å². The van der Waals surface area contributed by atoms with Crippen LogP contribution in [0.5, 0.6) is 0 Å². The van der Waals surface area contributed by atoms with Gasteiger partial charge in [-0.2, -0.15) is 0 Å². The third kappa shape index (κ3) is 2.63. The van der Waals surface area contributed by atoms with Crippen LogP contribution < -0.4 is 0 Å². The van der Waals surface area contributed by atoms with Crippen molar-refractivity contribution in [2.75, 3.05) is 6.38 Å². The maximum Gasteiger partial charge on any atom is 0.138 e. The number of H-pyrrole nitrogens is 1. The third-order valence-corrected chi connectivity index (χ3v) is 3.41. The highest BCUT2D eigenvalue weighted by Gasteiger charge is 2.05. The van der Waals surface area contributed by atoms with Crippen LogP contribution in [0.2, 0.25) is 0 Å². The zero-order chi connectivity index (χ0) is 14.7. The maximum atomic E-state index is 4.64. The summed E-state index contributed by atoms with van der Waals surface area (Å²) >= 11 is 4.64. The number of hydrogen-bond acceptors (Lipinski definition) is 1. The Morgan fingerprint density at radius 3 is 2.33 bits per heavy atom. The van der Waals surface area contributed by atoms with Crippen molar-refractivity contribution >= 4 is 33.4 Å². The number of nitrogens with one attached hydrogen (secondary N) is 1. The van der Waals surface area contributed by atoms with E-state index in [1.807, 2.05) is 24.3 Å². The van der Waals surface area contributed by atoms with E-state index in [1.165, 1.54) is 17.2 Å². The Kier molecular flexibility index (Phi) is 3.89. The van der Waals surface area contributed by atoms with Crippen molar-refractivity contribution in [1.29, 1.82) is 0 Å². The largest absolute Gasteiger partial charge is 0.338 e. The van der Waals surface area contributed by atoms with Crippen molar-refractivity contribution in [1.82, 2.24) is 9.97 Å². The van der Waals surface area contributed by atoms with Gasteiger partial charge >= 0.3 is 0 Å². The Morgan fingerprint density at radius 2 is 1.52 bits per heavy atom. The van der Waals surface area contributed by atoms with Crippen LogP contribution in [0.4, 0.5) is 0 Å². The lowest BCUT2D eigenvalue weighted by Crippen LogP contribution is -1.80. The third-order valence-electron chi connectivity index (χ3n) is 3.41. The first-order valence-electron chi connectivity index (χ1n) is 6.72. The molecule has 21 heavy (non-hydrogen) atoms. The van der Waals surface area contributed by atoms with E-state index in [9.17, 15) is 0 Å². The molecule has 0 aliphatic rings. The van der Waals surface area contributed by atoms with Crippen LogP contribution in [0.3, 0.4) is 0 Å². The first kappa shape index (κ1) is 13.7. The minimum absolute atomic E-state index is 0.923. The molecule has 0 bridgehead atoms. The summed E-state index contributed by atoms with van der Waals surface area (Å²) in [5, 5.41) is 2.49. The van der Waals surface area contributed by atoms with Crippen molar-refractivity contribution in [3.63, 3.8) is 0 Å². The number of halogens is 1. The van der Waals surface area contributed by atoms with E-state index in [0.717, 1.165) is 22.4 Å². The quantitative estimate of drug-likeness (QED) is 0.478. The van der Waals surface area contributed by atoms with E-state index in [1.54, 1.807) is 0 Å². The summed E-state index contributed by atoms with van der Waals surface area (Å²) in [6.07, 6.45) is 1.47. The van der Waals surface area contributed by atoms with Gasteiger partial charge in [-0.1, -0.05) is 48.5 Å². The van der Waals surface area contributed by atoms with Crippen LogP contribution in [0.15, 0.2) is 66.7 Å². The van der Waals surface area contributed by atoms with Crippen LogP contribution in [0, 0.1) is 0 Å². The fraction of sp³-hybridized carbons (Fsp3) is 0.0556. The molecule has 3 heteroatoms. The maximum absolute atomic E-state index is 4.64. The molecule has 0 amide bonds. The number of nitrogens with zero attached hydrogens (tertiary/aromatic N) is 1. The van der Waals surface area contributed by atoms with Gasteiger partial charge in [0, 0.05) is 11.9 Å². The molecule has 0 atom stereocenters. The Bertz CT molecular complexity index is 847. The number of rotatable bonds is 1. The van der Waals surface area contributed by atoms with E-state index in [2.05, 4.69) is 64.0 Å². The fourth-order valence-electron chi connectivity index (χ4n) is 2.43. The summed E-state index contributed by atoms with van der Waals surface area (Å²) in [6.45, 7) is 0. The molecule has 0 saturated heterocycles. The van der Waals surface area contributed by atoms with Gasteiger partial charge in [-0.05, 0) is 29.0 Å². The summed E-state index contributed by atoms with van der Waals surface area (Å²) in [6, 6.07) is 22.9. The smallest absolute Gasteiger partial charge is 0.138 e. The summed E-state index contributed by atoms with van der Waals surface area (Å²) in [5.74, 6) is 0.923. The Balaban J connectivity index is 0.000000636. The van der Waals surface area contributed by atoms with E-state index in [4.69, 9.17) is 0 Å². The monoisotopic (exact) mass is 294 g/mol. The molecule has 0 saturated carbocycles. The van der Waals surface area contributed by atoms with Crippen molar-refractivity contribution in [2.24, 2.45) is 0 Å². The molecule has 2 nitrogen and oxygen atoms in total.